The number of nitrogens with zero attached hydrogens (tertiary/aromatic N) is 6. The number of methoxy groups -OCH3 is 1. The standard InChI is InChI=1S/C24H30N6O2/c1-18-5-3-6-19(15-18)20-7-4-8-30(27-20)22-16-21(28-10-13-32-14-11-28)23-24(26-22)29(17-25-23)9-12-31-2/h3,5-6,15-17H,4,7-14H2,1-2H3. The van der Waals surface area contributed by atoms with Crippen LogP contribution in [-0.4, -0.2) is 66.8 Å². The third-order valence-electron chi connectivity index (χ3n) is 6.07. The number of aryl methyl sites for hydroxylation is 1. The van der Waals surface area contributed by atoms with Crippen LogP contribution in [0, 0.1) is 6.92 Å². The molecular weight excluding hydrogens is 404 g/mol. The van der Waals surface area contributed by atoms with Gasteiger partial charge in [-0.25, -0.2) is 15.0 Å². The zero-order valence-corrected chi connectivity index (χ0v) is 18.8. The van der Waals surface area contributed by atoms with E-state index in [9.17, 15) is 0 Å². The molecule has 4 heterocycles. The number of morpholine rings is 1. The van der Waals surface area contributed by atoms with E-state index in [2.05, 4.69) is 51.7 Å². The average Bonchev–Trinajstić information content (AvgIpc) is 3.25. The predicted octanol–water partition coefficient (Wildman–Crippen LogP) is 3.23. The van der Waals surface area contributed by atoms with Crippen molar-refractivity contribution in [3.05, 3.63) is 47.8 Å². The van der Waals surface area contributed by atoms with Gasteiger partial charge in [-0.3, -0.25) is 0 Å². The summed E-state index contributed by atoms with van der Waals surface area (Å²) in [6.45, 7) is 7.44. The minimum atomic E-state index is 0.615. The normalized spacial score (nSPS) is 17.1. The Bertz CT molecular complexity index is 1120. The van der Waals surface area contributed by atoms with Crippen LogP contribution in [0.5, 0.6) is 0 Å². The number of imidazole rings is 1. The van der Waals surface area contributed by atoms with Crippen LogP contribution in [0.4, 0.5) is 11.5 Å². The molecule has 32 heavy (non-hydrogen) atoms. The number of fused-ring (bicyclic) bond motifs is 1. The van der Waals surface area contributed by atoms with Gasteiger partial charge in [0.05, 0.1) is 37.5 Å². The summed E-state index contributed by atoms with van der Waals surface area (Å²) in [6, 6.07) is 10.7. The molecule has 3 aromatic rings. The maximum atomic E-state index is 5.58. The van der Waals surface area contributed by atoms with Gasteiger partial charge in [-0.1, -0.05) is 29.8 Å². The van der Waals surface area contributed by atoms with Crippen LogP contribution in [-0.2, 0) is 16.0 Å². The molecule has 8 heteroatoms. The molecule has 0 atom stereocenters. The minimum absolute atomic E-state index is 0.615. The monoisotopic (exact) mass is 434 g/mol. The molecule has 1 aromatic carbocycles. The minimum Gasteiger partial charge on any atom is -0.383 e. The number of hydrogen-bond acceptors (Lipinski definition) is 7. The molecule has 8 nitrogen and oxygen atoms in total. The van der Waals surface area contributed by atoms with Crippen LogP contribution in [0.1, 0.15) is 24.0 Å². The van der Waals surface area contributed by atoms with Gasteiger partial charge in [0.15, 0.2) is 11.5 Å². The van der Waals surface area contributed by atoms with Gasteiger partial charge in [-0.05, 0) is 25.3 Å². The number of benzene rings is 1. The predicted molar refractivity (Wildman–Crippen MR) is 127 cm³/mol. The summed E-state index contributed by atoms with van der Waals surface area (Å²) in [6.07, 6.45) is 3.88. The van der Waals surface area contributed by atoms with E-state index in [1.54, 1.807) is 7.11 Å². The molecule has 0 radical (unpaired) electrons. The van der Waals surface area contributed by atoms with E-state index in [4.69, 9.17) is 24.5 Å². The Morgan fingerprint density at radius 1 is 1.12 bits per heavy atom. The Morgan fingerprint density at radius 3 is 2.81 bits per heavy atom. The maximum Gasteiger partial charge on any atom is 0.164 e. The first-order valence-corrected chi connectivity index (χ1v) is 11.3. The van der Waals surface area contributed by atoms with Crippen molar-refractivity contribution >= 4 is 28.4 Å². The van der Waals surface area contributed by atoms with Gasteiger partial charge >= 0.3 is 0 Å². The highest BCUT2D eigenvalue weighted by Crippen LogP contribution is 2.31. The van der Waals surface area contributed by atoms with Gasteiger partial charge < -0.3 is 18.9 Å². The fourth-order valence-electron chi connectivity index (χ4n) is 4.37. The van der Waals surface area contributed by atoms with Crippen molar-refractivity contribution in [1.29, 1.82) is 0 Å². The second kappa shape index (κ2) is 9.26. The lowest BCUT2D eigenvalue weighted by Gasteiger charge is -2.30. The summed E-state index contributed by atoms with van der Waals surface area (Å²) in [4.78, 5) is 12.1. The summed E-state index contributed by atoms with van der Waals surface area (Å²) in [5.41, 5.74) is 6.45. The van der Waals surface area contributed by atoms with Crippen LogP contribution < -0.4 is 9.91 Å². The van der Waals surface area contributed by atoms with E-state index >= 15 is 0 Å². The molecule has 0 unspecified atom stereocenters. The summed E-state index contributed by atoms with van der Waals surface area (Å²) < 4.78 is 12.9. The summed E-state index contributed by atoms with van der Waals surface area (Å²) in [5.74, 6) is 0.864. The van der Waals surface area contributed by atoms with Crippen molar-refractivity contribution in [3.8, 4) is 0 Å². The highest BCUT2D eigenvalue weighted by atomic mass is 16.5. The summed E-state index contributed by atoms with van der Waals surface area (Å²) in [7, 11) is 1.71. The van der Waals surface area contributed by atoms with Crippen molar-refractivity contribution < 1.29 is 9.47 Å². The third-order valence-corrected chi connectivity index (χ3v) is 6.07. The van der Waals surface area contributed by atoms with E-state index in [1.165, 1.54) is 11.1 Å². The lowest BCUT2D eigenvalue weighted by Crippen LogP contribution is -2.36. The van der Waals surface area contributed by atoms with Crippen molar-refractivity contribution in [2.45, 2.75) is 26.3 Å². The molecule has 0 bridgehead atoms. The molecule has 1 saturated heterocycles. The van der Waals surface area contributed by atoms with E-state index < -0.39 is 0 Å². The second-order valence-electron chi connectivity index (χ2n) is 8.34. The van der Waals surface area contributed by atoms with Crippen LogP contribution in [0.25, 0.3) is 11.2 Å². The van der Waals surface area contributed by atoms with Crippen molar-refractivity contribution in [3.63, 3.8) is 0 Å². The van der Waals surface area contributed by atoms with Crippen LogP contribution >= 0.6 is 0 Å². The van der Waals surface area contributed by atoms with Gasteiger partial charge in [-0.15, -0.1) is 0 Å². The van der Waals surface area contributed by atoms with Crippen LogP contribution in [0.2, 0.25) is 0 Å². The first-order valence-electron chi connectivity index (χ1n) is 11.3. The van der Waals surface area contributed by atoms with Crippen molar-refractivity contribution in [2.75, 3.05) is 56.5 Å². The number of hydrogen-bond donors (Lipinski definition) is 0. The smallest absolute Gasteiger partial charge is 0.164 e. The lowest BCUT2D eigenvalue weighted by atomic mass is 10.0. The van der Waals surface area contributed by atoms with E-state index in [-0.39, 0.29) is 0 Å². The molecular formula is C24H30N6O2. The third kappa shape index (κ3) is 4.20. The summed E-state index contributed by atoms with van der Waals surface area (Å²) in [5, 5.41) is 7.08. The van der Waals surface area contributed by atoms with Crippen molar-refractivity contribution in [2.24, 2.45) is 5.10 Å². The SMILES string of the molecule is COCCn1cnc2c(N3CCOCC3)cc(N3CCCC(c4cccc(C)c4)=N3)nc21. The molecule has 5 rings (SSSR count). The Balaban J connectivity index is 1.57. The lowest BCUT2D eigenvalue weighted by molar-refractivity contribution is 0.123. The Labute approximate surface area is 188 Å². The number of anilines is 2. The molecule has 0 saturated carbocycles. The topological polar surface area (TPSA) is 68.0 Å². The molecule has 2 aliphatic heterocycles. The number of ether oxygens (including phenoxy) is 2. The number of rotatable bonds is 6. The molecule has 0 spiro atoms. The maximum absolute atomic E-state index is 5.58. The molecule has 0 N–H and O–H groups in total. The summed E-state index contributed by atoms with van der Waals surface area (Å²) >= 11 is 0. The Kier molecular flexibility index (Phi) is 6.05. The second-order valence-corrected chi connectivity index (χ2v) is 8.34. The van der Waals surface area contributed by atoms with Gasteiger partial charge in [-0.2, -0.15) is 5.10 Å². The molecule has 2 aromatic heterocycles. The van der Waals surface area contributed by atoms with E-state index in [0.717, 1.165) is 74.1 Å². The number of hydrazone groups is 1. The van der Waals surface area contributed by atoms with Gasteiger partial charge in [0, 0.05) is 39.4 Å². The molecule has 2 aliphatic rings. The van der Waals surface area contributed by atoms with Gasteiger partial charge in [0.1, 0.15) is 5.52 Å². The highest BCUT2D eigenvalue weighted by molar-refractivity contribution is 6.01. The van der Waals surface area contributed by atoms with Gasteiger partial charge in [0.2, 0.25) is 0 Å². The highest BCUT2D eigenvalue weighted by Gasteiger charge is 2.23. The molecule has 1 fully saturated rings. The molecule has 0 aliphatic carbocycles. The number of pyridine rings is 1. The first-order chi connectivity index (χ1) is 15.7. The fraction of sp³-hybridized carbons (Fsp3) is 0.458. The quantitative estimate of drug-likeness (QED) is 0.593. The van der Waals surface area contributed by atoms with Crippen molar-refractivity contribution in [1.82, 2.24) is 14.5 Å². The van der Waals surface area contributed by atoms with Gasteiger partial charge in [0.25, 0.3) is 0 Å². The van der Waals surface area contributed by atoms with Crippen LogP contribution in [0.3, 0.4) is 0 Å². The first kappa shape index (κ1) is 20.9. The molecule has 168 valence electrons. The average molecular weight is 435 g/mol. The zero-order chi connectivity index (χ0) is 21.9. The zero-order valence-electron chi connectivity index (χ0n) is 18.8. The molecule has 0 amide bonds. The Morgan fingerprint density at radius 2 is 2.00 bits per heavy atom. The van der Waals surface area contributed by atoms with E-state index in [0.29, 0.717) is 13.2 Å². The Hall–Kier alpha value is -2.97. The number of aromatic nitrogens is 3. The fourth-order valence-corrected chi connectivity index (χ4v) is 4.37. The largest absolute Gasteiger partial charge is 0.383 e. The van der Waals surface area contributed by atoms with E-state index in [1.807, 2.05) is 6.33 Å². The van der Waals surface area contributed by atoms with Crippen LogP contribution in [0.15, 0.2) is 41.8 Å².